The van der Waals surface area contributed by atoms with Gasteiger partial charge in [0.25, 0.3) is 0 Å². The van der Waals surface area contributed by atoms with Gasteiger partial charge in [0, 0.05) is 6.54 Å². The Labute approximate surface area is 89.0 Å². The van der Waals surface area contributed by atoms with Crippen molar-refractivity contribution >= 4 is 0 Å². The van der Waals surface area contributed by atoms with Crippen LogP contribution in [0.25, 0.3) is 0 Å². The number of rotatable bonds is 4. The first kappa shape index (κ1) is 11.8. The van der Waals surface area contributed by atoms with Crippen molar-refractivity contribution in [2.45, 2.75) is 12.6 Å². The minimum absolute atomic E-state index is 0.121. The molecule has 0 bridgehead atoms. The van der Waals surface area contributed by atoms with Gasteiger partial charge in [-0.25, -0.2) is 4.39 Å². The number of hydrogen-bond donors (Lipinski definition) is 1. The number of alkyl halides is 1. The highest BCUT2D eigenvalue weighted by Gasteiger charge is 2.31. The van der Waals surface area contributed by atoms with E-state index in [9.17, 15) is 4.39 Å². The van der Waals surface area contributed by atoms with E-state index in [-0.39, 0.29) is 6.54 Å². The average Bonchev–Trinajstić information content (AvgIpc) is 2.27. The molecular weight excluding hydrogens is 197 g/mol. The number of ether oxygens (including phenoxy) is 2. The van der Waals surface area contributed by atoms with E-state index in [0.29, 0.717) is 17.1 Å². The molecule has 1 aromatic rings. The standard InChI is InChI=1S/C11H16FNO2/c1-11(12,7-13)10-8(14-2)5-4-6-9(10)15-3/h4-6H,7,13H2,1-3H3. The molecular formula is C11H16FNO2. The highest BCUT2D eigenvalue weighted by atomic mass is 19.1. The van der Waals surface area contributed by atoms with Gasteiger partial charge in [-0.05, 0) is 19.1 Å². The average molecular weight is 213 g/mol. The summed E-state index contributed by atoms with van der Waals surface area (Å²) in [5.41, 5.74) is 4.10. The molecule has 0 aliphatic carbocycles. The summed E-state index contributed by atoms with van der Waals surface area (Å²) in [7, 11) is 2.98. The summed E-state index contributed by atoms with van der Waals surface area (Å²) in [5, 5.41) is 0. The molecule has 1 rings (SSSR count). The van der Waals surface area contributed by atoms with Crippen LogP contribution in [-0.4, -0.2) is 20.8 Å². The number of nitrogens with two attached hydrogens (primary N) is 1. The van der Waals surface area contributed by atoms with Crippen LogP contribution in [0.5, 0.6) is 11.5 Å². The first-order chi connectivity index (χ1) is 7.06. The van der Waals surface area contributed by atoms with E-state index in [1.165, 1.54) is 21.1 Å². The molecule has 2 N–H and O–H groups in total. The Hall–Kier alpha value is -1.29. The van der Waals surface area contributed by atoms with Crippen LogP contribution in [0.4, 0.5) is 4.39 Å². The summed E-state index contributed by atoms with van der Waals surface area (Å²) in [4.78, 5) is 0. The van der Waals surface area contributed by atoms with Gasteiger partial charge in [-0.1, -0.05) is 6.07 Å². The van der Waals surface area contributed by atoms with Crippen LogP contribution in [0.3, 0.4) is 0 Å². The third-order valence-electron chi connectivity index (χ3n) is 2.33. The summed E-state index contributed by atoms with van der Waals surface area (Å²) in [6.07, 6.45) is 0. The summed E-state index contributed by atoms with van der Waals surface area (Å²) in [6, 6.07) is 5.12. The molecule has 0 heterocycles. The second kappa shape index (κ2) is 4.49. The van der Waals surface area contributed by atoms with E-state index < -0.39 is 5.67 Å². The Bertz CT molecular complexity index is 317. The van der Waals surface area contributed by atoms with Gasteiger partial charge in [0.2, 0.25) is 0 Å². The molecule has 0 aliphatic heterocycles. The Morgan fingerprint density at radius 1 is 1.27 bits per heavy atom. The van der Waals surface area contributed by atoms with Crippen molar-refractivity contribution < 1.29 is 13.9 Å². The van der Waals surface area contributed by atoms with Gasteiger partial charge in [-0.15, -0.1) is 0 Å². The Morgan fingerprint density at radius 3 is 2.07 bits per heavy atom. The van der Waals surface area contributed by atoms with Crippen molar-refractivity contribution in [1.82, 2.24) is 0 Å². The quantitative estimate of drug-likeness (QED) is 0.830. The first-order valence-electron chi connectivity index (χ1n) is 4.67. The fourth-order valence-corrected chi connectivity index (χ4v) is 1.47. The SMILES string of the molecule is COc1cccc(OC)c1C(C)(F)CN. The maximum absolute atomic E-state index is 14.2. The maximum Gasteiger partial charge on any atom is 0.152 e. The lowest BCUT2D eigenvalue weighted by molar-refractivity contribution is 0.189. The summed E-state index contributed by atoms with van der Waals surface area (Å²) in [6.45, 7) is 1.29. The number of benzene rings is 1. The summed E-state index contributed by atoms with van der Waals surface area (Å²) in [5.74, 6) is 0.898. The van der Waals surface area contributed by atoms with E-state index in [4.69, 9.17) is 15.2 Å². The monoisotopic (exact) mass is 213 g/mol. The molecule has 0 aromatic heterocycles. The van der Waals surface area contributed by atoms with Crippen molar-refractivity contribution in [2.24, 2.45) is 5.73 Å². The highest BCUT2D eigenvalue weighted by Crippen LogP contribution is 2.39. The molecule has 3 nitrogen and oxygen atoms in total. The largest absolute Gasteiger partial charge is 0.496 e. The van der Waals surface area contributed by atoms with E-state index >= 15 is 0 Å². The maximum atomic E-state index is 14.2. The van der Waals surface area contributed by atoms with Crippen LogP contribution in [0.1, 0.15) is 12.5 Å². The molecule has 1 atom stereocenters. The molecule has 0 aliphatic rings. The highest BCUT2D eigenvalue weighted by molar-refractivity contribution is 5.48. The van der Waals surface area contributed by atoms with Gasteiger partial charge in [0.1, 0.15) is 11.5 Å². The Morgan fingerprint density at radius 2 is 1.73 bits per heavy atom. The second-order valence-corrected chi connectivity index (χ2v) is 3.44. The third kappa shape index (κ3) is 2.21. The molecule has 0 radical (unpaired) electrons. The molecule has 1 aromatic carbocycles. The normalized spacial score (nSPS) is 14.5. The van der Waals surface area contributed by atoms with Crippen LogP contribution in [0.15, 0.2) is 18.2 Å². The molecule has 0 amide bonds. The fourth-order valence-electron chi connectivity index (χ4n) is 1.47. The molecule has 15 heavy (non-hydrogen) atoms. The second-order valence-electron chi connectivity index (χ2n) is 3.44. The molecule has 0 saturated heterocycles. The van der Waals surface area contributed by atoms with E-state index in [2.05, 4.69) is 0 Å². The van der Waals surface area contributed by atoms with Gasteiger partial charge >= 0.3 is 0 Å². The zero-order valence-electron chi connectivity index (χ0n) is 9.21. The predicted octanol–water partition coefficient (Wildman–Crippen LogP) is 1.85. The number of halogens is 1. The van der Waals surface area contributed by atoms with Crippen LogP contribution >= 0.6 is 0 Å². The molecule has 4 heteroatoms. The van der Waals surface area contributed by atoms with Crippen molar-refractivity contribution in [1.29, 1.82) is 0 Å². The van der Waals surface area contributed by atoms with E-state index in [1.54, 1.807) is 18.2 Å². The smallest absolute Gasteiger partial charge is 0.152 e. The lowest BCUT2D eigenvalue weighted by atomic mass is 9.96. The minimum Gasteiger partial charge on any atom is -0.496 e. The van der Waals surface area contributed by atoms with Crippen molar-refractivity contribution in [3.05, 3.63) is 23.8 Å². The van der Waals surface area contributed by atoms with Crippen LogP contribution in [0, 0.1) is 0 Å². The molecule has 84 valence electrons. The lowest BCUT2D eigenvalue weighted by Gasteiger charge is -2.23. The van der Waals surface area contributed by atoms with Crippen molar-refractivity contribution in [3.8, 4) is 11.5 Å². The number of hydrogen-bond acceptors (Lipinski definition) is 3. The first-order valence-corrected chi connectivity index (χ1v) is 4.67. The Balaban J connectivity index is 3.34. The molecule has 1 unspecified atom stereocenters. The predicted molar refractivity (Wildman–Crippen MR) is 57.1 cm³/mol. The fraction of sp³-hybridized carbons (Fsp3) is 0.455. The molecule has 0 spiro atoms. The zero-order valence-corrected chi connectivity index (χ0v) is 9.21. The van der Waals surface area contributed by atoms with Crippen molar-refractivity contribution in [2.75, 3.05) is 20.8 Å². The third-order valence-corrected chi connectivity index (χ3v) is 2.33. The molecule has 0 fully saturated rings. The van der Waals surface area contributed by atoms with E-state index in [1.807, 2.05) is 0 Å². The van der Waals surface area contributed by atoms with Gasteiger partial charge in [0.15, 0.2) is 5.67 Å². The summed E-state index contributed by atoms with van der Waals surface area (Å²) < 4.78 is 24.4. The summed E-state index contributed by atoms with van der Waals surface area (Å²) >= 11 is 0. The van der Waals surface area contributed by atoms with Crippen molar-refractivity contribution in [3.63, 3.8) is 0 Å². The topological polar surface area (TPSA) is 44.5 Å². The van der Waals surface area contributed by atoms with Gasteiger partial charge < -0.3 is 15.2 Å². The van der Waals surface area contributed by atoms with Gasteiger partial charge in [-0.2, -0.15) is 0 Å². The van der Waals surface area contributed by atoms with E-state index in [0.717, 1.165) is 0 Å². The number of methoxy groups -OCH3 is 2. The Kier molecular flexibility index (Phi) is 3.52. The van der Waals surface area contributed by atoms with Crippen LogP contribution in [0.2, 0.25) is 0 Å². The lowest BCUT2D eigenvalue weighted by Crippen LogP contribution is -2.27. The van der Waals surface area contributed by atoms with Crippen LogP contribution in [-0.2, 0) is 5.67 Å². The minimum atomic E-state index is -1.65. The zero-order chi connectivity index (χ0) is 11.5. The van der Waals surface area contributed by atoms with Crippen LogP contribution < -0.4 is 15.2 Å². The molecule has 0 saturated carbocycles. The van der Waals surface area contributed by atoms with Gasteiger partial charge in [-0.3, -0.25) is 0 Å². The van der Waals surface area contributed by atoms with Gasteiger partial charge in [0.05, 0.1) is 19.8 Å².